The van der Waals surface area contributed by atoms with Crippen LogP contribution in [-0.4, -0.2) is 18.2 Å². The maximum Gasteiger partial charge on any atom is 0.220 e. The van der Waals surface area contributed by atoms with Crippen LogP contribution >= 0.6 is 0 Å². The van der Waals surface area contributed by atoms with E-state index in [1.54, 1.807) is 6.92 Å². The fraction of sp³-hybridized carbons (Fsp3) is 0.818. The highest BCUT2D eigenvalue weighted by Crippen LogP contribution is 2.02. The van der Waals surface area contributed by atoms with Gasteiger partial charge in [0.15, 0.2) is 5.78 Å². The molecule has 0 saturated carbocycles. The lowest BCUT2D eigenvalue weighted by molar-refractivity contribution is -0.125. The molecule has 0 aromatic rings. The van der Waals surface area contributed by atoms with Gasteiger partial charge >= 0.3 is 0 Å². The summed E-state index contributed by atoms with van der Waals surface area (Å²) in [6, 6.07) is 0. The second-order valence-corrected chi connectivity index (χ2v) is 3.48. The summed E-state index contributed by atoms with van der Waals surface area (Å²) in [5.41, 5.74) is 0. The summed E-state index contributed by atoms with van der Waals surface area (Å²) in [4.78, 5) is 22.0. The van der Waals surface area contributed by atoms with Crippen molar-refractivity contribution in [2.24, 2.45) is 0 Å². The first-order chi connectivity index (χ1) is 6.70. The van der Waals surface area contributed by atoms with Crippen molar-refractivity contribution in [3.8, 4) is 0 Å². The second-order valence-electron chi connectivity index (χ2n) is 3.48. The number of carbonyl (C=O) groups is 2. The molecule has 0 aromatic heterocycles. The Labute approximate surface area is 86.3 Å². The molecular weight excluding hydrogens is 178 g/mol. The average molecular weight is 199 g/mol. The van der Waals surface area contributed by atoms with E-state index in [0.717, 1.165) is 12.8 Å². The number of unbranched alkanes of at least 4 members (excludes halogenated alkanes) is 3. The summed E-state index contributed by atoms with van der Waals surface area (Å²) in [6.07, 6.45) is 5.49. The van der Waals surface area contributed by atoms with Crippen LogP contribution in [0.1, 0.15) is 52.4 Å². The van der Waals surface area contributed by atoms with Gasteiger partial charge in [0.2, 0.25) is 5.91 Å². The van der Waals surface area contributed by atoms with E-state index in [2.05, 4.69) is 12.2 Å². The molecule has 0 radical (unpaired) electrons. The van der Waals surface area contributed by atoms with E-state index < -0.39 is 0 Å². The predicted molar refractivity (Wildman–Crippen MR) is 57.1 cm³/mol. The first-order valence-electron chi connectivity index (χ1n) is 5.49. The Kier molecular flexibility index (Phi) is 8.19. The molecule has 14 heavy (non-hydrogen) atoms. The number of Topliss-reactive ketones (excluding diaryl/α,β-unsaturated/α-hetero) is 1. The number of ketones is 1. The van der Waals surface area contributed by atoms with Crippen LogP contribution < -0.4 is 5.32 Å². The highest BCUT2D eigenvalue weighted by Gasteiger charge is 2.03. The standard InChI is InChI=1S/C11H21NO2/c1-3-5-6-7-8-10(13)9-12-11(14)4-2/h3-9H2,1-2H3,(H,12,14). The lowest BCUT2D eigenvalue weighted by Crippen LogP contribution is -2.28. The number of hydrogen-bond acceptors (Lipinski definition) is 2. The van der Waals surface area contributed by atoms with Gasteiger partial charge in [-0.2, -0.15) is 0 Å². The molecule has 0 unspecified atom stereocenters. The summed E-state index contributed by atoms with van der Waals surface area (Å²) >= 11 is 0. The topological polar surface area (TPSA) is 46.2 Å². The van der Waals surface area contributed by atoms with E-state index in [-0.39, 0.29) is 18.2 Å². The highest BCUT2D eigenvalue weighted by atomic mass is 16.2. The van der Waals surface area contributed by atoms with Gasteiger partial charge in [-0.1, -0.05) is 33.1 Å². The molecule has 0 atom stereocenters. The SMILES string of the molecule is CCCCCCC(=O)CNC(=O)CC. The first kappa shape index (κ1) is 13.1. The molecule has 82 valence electrons. The molecule has 0 spiro atoms. The lowest BCUT2D eigenvalue weighted by atomic mass is 10.1. The normalized spacial score (nSPS) is 9.86. The lowest BCUT2D eigenvalue weighted by Gasteiger charge is -2.02. The van der Waals surface area contributed by atoms with Crippen LogP contribution in [0.2, 0.25) is 0 Å². The van der Waals surface area contributed by atoms with Crippen LogP contribution in [0, 0.1) is 0 Å². The van der Waals surface area contributed by atoms with Crippen LogP contribution in [0.25, 0.3) is 0 Å². The maximum atomic E-state index is 11.2. The molecule has 0 aromatic carbocycles. The Balaban J connectivity index is 3.32. The average Bonchev–Trinajstić information content (AvgIpc) is 2.21. The van der Waals surface area contributed by atoms with Crippen molar-refractivity contribution in [1.82, 2.24) is 5.32 Å². The molecular formula is C11H21NO2. The molecule has 0 aliphatic heterocycles. The first-order valence-corrected chi connectivity index (χ1v) is 5.49. The Morgan fingerprint density at radius 2 is 1.79 bits per heavy atom. The van der Waals surface area contributed by atoms with Gasteiger partial charge in [0.05, 0.1) is 6.54 Å². The van der Waals surface area contributed by atoms with Crippen LogP contribution in [0.15, 0.2) is 0 Å². The maximum absolute atomic E-state index is 11.2. The molecule has 0 saturated heterocycles. The minimum Gasteiger partial charge on any atom is -0.349 e. The van der Waals surface area contributed by atoms with Crippen molar-refractivity contribution in [3.05, 3.63) is 0 Å². The van der Waals surface area contributed by atoms with Gasteiger partial charge in [0.1, 0.15) is 0 Å². The van der Waals surface area contributed by atoms with Gasteiger partial charge in [-0.15, -0.1) is 0 Å². The third-order valence-corrected chi connectivity index (χ3v) is 2.11. The molecule has 0 bridgehead atoms. The molecule has 0 aliphatic rings. The van der Waals surface area contributed by atoms with E-state index in [1.807, 2.05) is 0 Å². The fourth-order valence-corrected chi connectivity index (χ4v) is 1.16. The van der Waals surface area contributed by atoms with Gasteiger partial charge in [0.25, 0.3) is 0 Å². The predicted octanol–water partition coefficient (Wildman–Crippen LogP) is 2.05. The van der Waals surface area contributed by atoms with Gasteiger partial charge < -0.3 is 5.32 Å². The molecule has 0 fully saturated rings. The van der Waals surface area contributed by atoms with Crippen molar-refractivity contribution in [2.45, 2.75) is 52.4 Å². The van der Waals surface area contributed by atoms with Crippen molar-refractivity contribution in [2.75, 3.05) is 6.54 Å². The van der Waals surface area contributed by atoms with E-state index in [0.29, 0.717) is 12.8 Å². The molecule has 1 N–H and O–H groups in total. The van der Waals surface area contributed by atoms with Gasteiger partial charge in [-0.3, -0.25) is 9.59 Å². The minimum atomic E-state index is -0.0492. The Morgan fingerprint density at radius 1 is 1.07 bits per heavy atom. The van der Waals surface area contributed by atoms with Gasteiger partial charge in [-0.25, -0.2) is 0 Å². The van der Waals surface area contributed by atoms with Crippen molar-refractivity contribution >= 4 is 11.7 Å². The third kappa shape index (κ3) is 7.77. The second kappa shape index (κ2) is 8.73. The van der Waals surface area contributed by atoms with Crippen molar-refractivity contribution < 1.29 is 9.59 Å². The quantitative estimate of drug-likeness (QED) is 0.608. The van der Waals surface area contributed by atoms with E-state index in [9.17, 15) is 9.59 Å². The zero-order chi connectivity index (χ0) is 10.8. The van der Waals surface area contributed by atoms with E-state index in [4.69, 9.17) is 0 Å². The Bertz CT molecular complexity index is 178. The van der Waals surface area contributed by atoms with Crippen LogP contribution in [0.3, 0.4) is 0 Å². The number of hydrogen-bond donors (Lipinski definition) is 1. The smallest absolute Gasteiger partial charge is 0.220 e. The third-order valence-electron chi connectivity index (χ3n) is 2.11. The molecule has 3 nitrogen and oxygen atoms in total. The molecule has 0 heterocycles. The van der Waals surface area contributed by atoms with Gasteiger partial charge in [0, 0.05) is 12.8 Å². The van der Waals surface area contributed by atoms with E-state index >= 15 is 0 Å². The van der Waals surface area contributed by atoms with Gasteiger partial charge in [-0.05, 0) is 6.42 Å². The summed E-state index contributed by atoms with van der Waals surface area (Å²) in [7, 11) is 0. The van der Waals surface area contributed by atoms with Crippen LogP contribution in [0.4, 0.5) is 0 Å². The highest BCUT2D eigenvalue weighted by molar-refractivity contribution is 5.85. The van der Waals surface area contributed by atoms with Crippen LogP contribution in [0.5, 0.6) is 0 Å². The summed E-state index contributed by atoms with van der Waals surface area (Å²) in [5.74, 6) is 0.0924. The largest absolute Gasteiger partial charge is 0.349 e. The van der Waals surface area contributed by atoms with Crippen molar-refractivity contribution in [1.29, 1.82) is 0 Å². The zero-order valence-corrected chi connectivity index (χ0v) is 9.27. The number of carbonyl (C=O) groups excluding carboxylic acids is 2. The molecule has 1 amide bonds. The van der Waals surface area contributed by atoms with Crippen molar-refractivity contribution in [3.63, 3.8) is 0 Å². The monoisotopic (exact) mass is 199 g/mol. The Hall–Kier alpha value is -0.860. The summed E-state index contributed by atoms with van der Waals surface area (Å²) < 4.78 is 0. The minimum absolute atomic E-state index is 0.0492. The fourth-order valence-electron chi connectivity index (χ4n) is 1.16. The summed E-state index contributed by atoms with van der Waals surface area (Å²) in [6.45, 7) is 4.13. The number of rotatable bonds is 8. The molecule has 0 aliphatic carbocycles. The van der Waals surface area contributed by atoms with E-state index in [1.165, 1.54) is 12.8 Å². The number of amides is 1. The Morgan fingerprint density at radius 3 is 2.36 bits per heavy atom. The molecule has 0 rings (SSSR count). The number of nitrogens with one attached hydrogen (secondary N) is 1. The molecule has 3 heteroatoms. The summed E-state index contributed by atoms with van der Waals surface area (Å²) in [5, 5.41) is 2.58. The van der Waals surface area contributed by atoms with Crippen LogP contribution in [-0.2, 0) is 9.59 Å². The zero-order valence-electron chi connectivity index (χ0n) is 9.27.